The topological polar surface area (TPSA) is 68.8 Å². The number of nitrogens with one attached hydrogen (secondary N) is 2. The molecule has 0 fully saturated rings. The minimum absolute atomic E-state index is 0.00240. The first-order valence-electron chi connectivity index (χ1n) is 6.64. The van der Waals surface area contributed by atoms with Gasteiger partial charge in [-0.2, -0.15) is 0 Å². The van der Waals surface area contributed by atoms with Gasteiger partial charge < -0.3 is 24.8 Å². The largest absolute Gasteiger partial charge is 0.454 e. The molecule has 0 aliphatic carbocycles. The van der Waals surface area contributed by atoms with Crippen molar-refractivity contribution >= 4 is 5.91 Å². The van der Waals surface area contributed by atoms with Gasteiger partial charge in [0.1, 0.15) is 0 Å². The molecule has 110 valence electrons. The molecule has 0 spiro atoms. The standard InChI is InChI=1S/C14H20N2O4/c1-18-7-6-15-4-5-16-14(17)9-11-2-3-12-13(8-11)20-10-19-12/h2-3,8,15H,4-7,9-10H2,1H3,(H,16,17). The first-order chi connectivity index (χ1) is 9.79. The number of benzene rings is 1. The predicted molar refractivity (Wildman–Crippen MR) is 74.0 cm³/mol. The van der Waals surface area contributed by atoms with E-state index in [1.165, 1.54) is 0 Å². The van der Waals surface area contributed by atoms with Gasteiger partial charge in [0.25, 0.3) is 0 Å². The van der Waals surface area contributed by atoms with Crippen LogP contribution in [0.1, 0.15) is 5.56 Å². The van der Waals surface area contributed by atoms with E-state index in [2.05, 4.69) is 10.6 Å². The Morgan fingerprint density at radius 2 is 2.10 bits per heavy atom. The Bertz CT molecular complexity index is 451. The summed E-state index contributed by atoms with van der Waals surface area (Å²) in [5.74, 6) is 1.44. The third-order valence-corrected chi connectivity index (χ3v) is 2.91. The van der Waals surface area contributed by atoms with Gasteiger partial charge >= 0.3 is 0 Å². The normalized spacial score (nSPS) is 12.4. The molecule has 2 rings (SSSR count). The molecule has 0 saturated heterocycles. The molecule has 0 aromatic heterocycles. The zero-order chi connectivity index (χ0) is 14.2. The number of hydrogen-bond acceptors (Lipinski definition) is 5. The monoisotopic (exact) mass is 280 g/mol. The third kappa shape index (κ3) is 4.40. The number of methoxy groups -OCH3 is 1. The van der Waals surface area contributed by atoms with Crippen molar-refractivity contribution in [3.8, 4) is 11.5 Å². The third-order valence-electron chi connectivity index (χ3n) is 2.91. The summed E-state index contributed by atoms with van der Waals surface area (Å²) in [7, 11) is 1.66. The fraction of sp³-hybridized carbons (Fsp3) is 0.500. The van der Waals surface area contributed by atoms with Crippen molar-refractivity contribution < 1.29 is 19.0 Å². The average molecular weight is 280 g/mol. The van der Waals surface area contributed by atoms with Crippen molar-refractivity contribution in [3.05, 3.63) is 23.8 Å². The van der Waals surface area contributed by atoms with Crippen molar-refractivity contribution in [1.29, 1.82) is 0 Å². The quantitative estimate of drug-likeness (QED) is 0.671. The van der Waals surface area contributed by atoms with Gasteiger partial charge in [-0.3, -0.25) is 4.79 Å². The summed E-state index contributed by atoms with van der Waals surface area (Å²) >= 11 is 0. The zero-order valence-corrected chi connectivity index (χ0v) is 11.6. The zero-order valence-electron chi connectivity index (χ0n) is 11.6. The van der Waals surface area contributed by atoms with Crippen LogP contribution in [0, 0.1) is 0 Å². The number of ether oxygens (including phenoxy) is 3. The van der Waals surface area contributed by atoms with E-state index in [-0.39, 0.29) is 12.7 Å². The molecule has 1 aliphatic rings. The SMILES string of the molecule is COCCNCCNC(=O)Cc1ccc2c(c1)OCO2. The predicted octanol–water partition coefficient (Wildman–Crippen LogP) is 0.310. The van der Waals surface area contributed by atoms with Gasteiger partial charge in [0.15, 0.2) is 11.5 Å². The van der Waals surface area contributed by atoms with E-state index in [1.807, 2.05) is 18.2 Å². The molecule has 1 aromatic rings. The second-order valence-corrected chi connectivity index (χ2v) is 4.46. The molecule has 0 radical (unpaired) electrons. The molecule has 20 heavy (non-hydrogen) atoms. The lowest BCUT2D eigenvalue weighted by Gasteiger charge is -2.07. The van der Waals surface area contributed by atoms with Crippen LogP contribution in [0.15, 0.2) is 18.2 Å². The fourth-order valence-corrected chi connectivity index (χ4v) is 1.89. The van der Waals surface area contributed by atoms with E-state index >= 15 is 0 Å². The molecule has 1 amide bonds. The highest BCUT2D eigenvalue weighted by Crippen LogP contribution is 2.32. The highest BCUT2D eigenvalue weighted by atomic mass is 16.7. The van der Waals surface area contributed by atoms with Gasteiger partial charge in [0, 0.05) is 26.7 Å². The molecule has 6 nitrogen and oxygen atoms in total. The molecule has 1 aromatic carbocycles. The van der Waals surface area contributed by atoms with Crippen molar-refractivity contribution in [2.45, 2.75) is 6.42 Å². The first kappa shape index (κ1) is 14.6. The molecule has 0 bridgehead atoms. The second-order valence-electron chi connectivity index (χ2n) is 4.46. The smallest absolute Gasteiger partial charge is 0.231 e. The fourth-order valence-electron chi connectivity index (χ4n) is 1.89. The highest BCUT2D eigenvalue weighted by Gasteiger charge is 2.14. The Hall–Kier alpha value is -1.79. The minimum Gasteiger partial charge on any atom is -0.454 e. The molecule has 2 N–H and O–H groups in total. The van der Waals surface area contributed by atoms with Gasteiger partial charge in [0.05, 0.1) is 13.0 Å². The van der Waals surface area contributed by atoms with Gasteiger partial charge in [-0.25, -0.2) is 0 Å². The van der Waals surface area contributed by atoms with Crippen LogP contribution in [0.4, 0.5) is 0 Å². The summed E-state index contributed by atoms with van der Waals surface area (Å²) in [6, 6.07) is 5.56. The number of carbonyl (C=O) groups excluding carboxylic acids is 1. The maximum absolute atomic E-state index is 11.8. The average Bonchev–Trinajstić information content (AvgIpc) is 2.90. The lowest BCUT2D eigenvalue weighted by molar-refractivity contribution is -0.120. The first-order valence-corrected chi connectivity index (χ1v) is 6.64. The Balaban J connectivity index is 1.67. The van der Waals surface area contributed by atoms with Gasteiger partial charge in [-0.05, 0) is 17.7 Å². The van der Waals surface area contributed by atoms with Crippen LogP contribution in [0.25, 0.3) is 0 Å². The van der Waals surface area contributed by atoms with Crippen LogP contribution >= 0.6 is 0 Å². The van der Waals surface area contributed by atoms with Crippen LogP contribution in [-0.2, 0) is 16.0 Å². The molecular formula is C14H20N2O4. The van der Waals surface area contributed by atoms with Gasteiger partial charge in [-0.15, -0.1) is 0 Å². The number of fused-ring (bicyclic) bond motifs is 1. The Morgan fingerprint density at radius 3 is 2.95 bits per heavy atom. The highest BCUT2D eigenvalue weighted by molar-refractivity contribution is 5.78. The summed E-state index contributed by atoms with van der Waals surface area (Å²) in [6.45, 7) is 3.04. The Morgan fingerprint density at radius 1 is 1.25 bits per heavy atom. The molecule has 0 saturated carbocycles. The number of rotatable bonds is 8. The molecule has 0 unspecified atom stereocenters. The molecule has 1 heterocycles. The number of carbonyl (C=O) groups is 1. The second kappa shape index (κ2) is 7.72. The van der Waals surface area contributed by atoms with Crippen LogP contribution < -0.4 is 20.1 Å². The van der Waals surface area contributed by atoms with Crippen molar-refractivity contribution in [3.63, 3.8) is 0 Å². The lowest BCUT2D eigenvalue weighted by atomic mass is 10.1. The van der Waals surface area contributed by atoms with Gasteiger partial charge in [0.2, 0.25) is 12.7 Å². The molecular weight excluding hydrogens is 260 g/mol. The number of amides is 1. The van der Waals surface area contributed by atoms with E-state index < -0.39 is 0 Å². The summed E-state index contributed by atoms with van der Waals surface area (Å²) in [5, 5.41) is 6.02. The van der Waals surface area contributed by atoms with Crippen LogP contribution in [-0.4, -0.2) is 46.1 Å². The number of hydrogen-bond donors (Lipinski definition) is 2. The maximum Gasteiger partial charge on any atom is 0.231 e. The molecule has 1 aliphatic heterocycles. The summed E-state index contributed by atoms with van der Waals surface area (Å²) < 4.78 is 15.4. The van der Waals surface area contributed by atoms with Crippen LogP contribution in [0.5, 0.6) is 11.5 Å². The van der Waals surface area contributed by atoms with E-state index in [4.69, 9.17) is 14.2 Å². The maximum atomic E-state index is 11.8. The van der Waals surface area contributed by atoms with Crippen LogP contribution in [0.2, 0.25) is 0 Å². The molecule has 0 atom stereocenters. The summed E-state index contributed by atoms with van der Waals surface area (Å²) in [4.78, 5) is 11.8. The summed E-state index contributed by atoms with van der Waals surface area (Å²) in [6.07, 6.45) is 0.342. The van der Waals surface area contributed by atoms with Gasteiger partial charge in [-0.1, -0.05) is 6.07 Å². The van der Waals surface area contributed by atoms with Crippen molar-refractivity contribution in [1.82, 2.24) is 10.6 Å². The Labute approximate surface area is 118 Å². The van der Waals surface area contributed by atoms with Crippen molar-refractivity contribution in [2.75, 3.05) is 40.1 Å². The molecule has 6 heteroatoms. The van der Waals surface area contributed by atoms with Crippen LogP contribution in [0.3, 0.4) is 0 Å². The Kier molecular flexibility index (Phi) is 5.64. The minimum atomic E-state index is -0.00240. The van der Waals surface area contributed by atoms with E-state index in [0.717, 1.165) is 24.4 Å². The van der Waals surface area contributed by atoms with E-state index in [0.29, 0.717) is 25.3 Å². The van der Waals surface area contributed by atoms with E-state index in [9.17, 15) is 4.79 Å². The lowest BCUT2D eigenvalue weighted by Crippen LogP contribution is -2.33. The van der Waals surface area contributed by atoms with E-state index in [1.54, 1.807) is 7.11 Å². The summed E-state index contributed by atoms with van der Waals surface area (Å²) in [5.41, 5.74) is 0.916. The van der Waals surface area contributed by atoms with Crippen molar-refractivity contribution in [2.24, 2.45) is 0 Å².